The summed E-state index contributed by atoms with van der Waals surface area (Å²) >= 11 is 0. The third kappa shape index (κ3) is 3.78. The summed E-state index contributed by atoms with van der Waals surface area (Å²) in [4.78, 5) is 14.6. The number of hydrogen-bond donors (Lipinski definition) is 2. The van der Waals surface area contributed by atoms with Crippen LogP contribution in [0.1, 0.15) is 57.8 Å². The van der Waals surface area contributed by atoms with Crippen molar-refractivity contribution in [1.29, 1.82) is 0 Å². The van der Waals surface area contributed by atoms with Crippen LogP contribution in [0.4, 0.5) is 0 Å². The second kappa shape index (κ2) is 6.25. The molecule has 3 saturated carbocycles. The van der Waals surface area contributed by atoms with E-state index >= 15 is 0 Å². The van der Waals surface area contributed by atoms with E-state index in [-0.39, 0.29) is 5.91 Å². The van der Waals surface area contributed by atoms with Crippen molar-refractivity contribution in [3.8, 4) is 0 Å². The smallest absolute Gasteiger partial charge is 0.239 e. The molecule has 0 saturated heterocycles. The lowest BCUT2D eigenvalue weighted by atomic mass is 9.87. The molecule has 3 aliphatic rings. The maximum absolute atomic E-state index is 12.2. The highest BCUT2D eigenvalue weighted by atomic mass is 16.1. The zero-order valence-corrected chi connectivity index (χ0v) is 13.4. The minimum atomic E-state index is -0.468. The number of primary amides is 1. The number of likely N-dealkylation sites (N-methyl/N-ethyl adjacent to an activating group) is 1. The predicted molar refractivity (Wildman–Crippen MR) is 84.9 cm³/mol. The van der Waals surface area contributed by atoms with Crippen LogP contribution in [0.3, 0.4) is 0 Å². The minimum Gasteiger partial charge on any atom is -0.368 e. The molecule has 1 atom stereocenters. The summed E-state index contributed by atoms with van der Waals surface area (Å²) in [5.41, 5.74) is 5.37. The molecule has 3 rings (SSSR count). The monoisotopic (exact) mass is 293 g/mol. The molecule has 0 heterocycles. The average Bonchev–Trinajstić information content (AvgIpc) is 3.32. The number of rotatable bonds is 8. The number of nitrogens with zero attached hydrogens (tertiary/aromatic N) is 1. The van der Waals surface area contributed by atoms with Crippen LogP contribution in [0, 0.1) is 11.8 Å². The second-order valence-corrected chi connectivity index (χ2v) is 7.73. The van der Waals surface area contributed by atoms with Crippen LogP contribution in [0.5, 0.6) is 0 Å². The first-order valence-electron chi connectivity index (χ1n) is 8.86. The molecule has 120 valence electrons. The Morgan fingerprint density at radius 1 is 1.14 bits per heavy atom. The van der Waals surface area contributed by atoms with Gasteiger partial charge in [-0.2, -0.15) is 0 Å². The Morgan fingerprint density at radius 2 is 1.81 bits per heavy atom. The van der Waals surface area contributed by atoms with Gasteiger partial charge in [0.25, 0.3) is 0 Å². The van der Waals surface area contributed by atoms with Crippen LogP contribution >= 0.6 is 0 Å². The number of carbonyl (C=O) groups is 1. The number of hydrogen-bond acceptors (Lipinski definition) is 3. The van der Waals surface area contributed by atoms with Gasteiger partial charge in [-0.3, -0.25) is 10.1 Å². The molecule has 3 aliphatic carbocycles. The Hall–Kier alpha value is -0.610. The van der Waals surface area contributed by atoms with E-state index < -0.39 is 5.54 Å². The third-order valence-electron chi connectivity index (χ3n) is 5.57. The van der Waals surface area contributed by atoms with E-state index in [1.165, 1.54) is 44.9 Å². The fraction of sp³-hybridized carbons (Fsp3) is 0.941. The van der Waals surface area contributed by atoms with Gasteiger partial charge in [0.2, 0.25) is 5.91 Å². The second-order valence-electron chi connectivity index (χ2n) is 7.73. The van der Waals surface area contributed by atoms with E-state index in [9.17, 15) is 4.79 Å². The Labute approximate surface area is 128 Å². The maximum atomic E-state index is 12.2. The number of nitrogens with one attached hydrogen (secondary N) is 1. The molecule has 4 nitrogen and oxygen atoms in total. The summed E-state index contributed by atoms with van der Waals surface area (Å²) < 4.78 is 0. The molecule has 0 radical (unpaired) electrons. The highest BCUT2D eigenvalue weighted by Crippen LogP contribution is 2.42. The normalized spacial score (nSPS) is 26.8. The van der Waals surface area contributed by atoms with Gasteiger partial charge in [-0.05, 0) is 57.4 Å². The van der Waals surface area contributed by atoms with Crippen molar-refractivity contribution >= 4 is 5.91 Å². The molecule has 1 unspecified atom stereocenters. The highest BCUT2D eigenvalue weighted by Gasteiger charge is 2.52. The summed E-state index contributed by atoms with van der Waals surface area (Å²) in [6, 6.07) is 0.529. The van der Waals surface area contributed by atoms with Crippen LogP contribution in [0.25, 0.3) is 0 Å². The van der Waals surface area contributed by atoms with Crippen LogP contribution in [0.2, 0.25) is 0 Å². The Balaban J connectivity index is 1.60. The van der Waals surface area contributed by atoms with Crippen molar-refractivity contribution in [2.24, 2.45) is 17.6 Å². The van der Waals surface area contributed by atoms with Crippen molar-refractivity contribution in [2.45, 2.75) is 69.4 Å². The van der Waals surface area contributed by atoms with Crippen molar-refractivity contribution in [3.63, 3.8) is 0 Å². The van der Waals surface area contributed by atoms with E-state index in [4.69, 9.17) is 5.73 Å². The van der Waals surface area contributed by atoms with Gasteiger partial charge in [-0.25, -0.2) is 0 Å². The van der Waals surface area contributed by atoms with Gasteiger partial charge in [0, 0.05) is 19.1 Å². The predicted octanol–water partition coefficient (Wildman–Crippen LogP) is 1.88. The van der Waals surface area contributed by atoms with Crippen molar-refractivity contribution in [1.82, 2.24) is 10.2 Å². The standard InChI is InChI=1S/C17H31N3O/c1-20(11-13-5-3-2-4-6-13)12-17(16(18)21,14-7-8-14)19-15-9-10-15/h13-15,19H,2-12H2,1H3,(H2,18,21). The molecule has 0 aromatic carbocycles. The molecule has 0 aromatic heterocycles. The van der Waals surface area contributed by atoms with Gasteiger partial charge < -0.3 is 10.6 Å². The number of nitrogens with two attached hydrogens (primary N) is 1. The fourth-order valence-electron chi connectivity index (χ4n) is 4.11. The molecule has 0 aliphatic heterocycles. The molecule has 3 N–H and O–H groups in total. The van der Waals surface area contributed by atoms with Crippen LogP contribution < -0.4 is 11.1 Å². The highest BCUT2D eigenvalue weighted by molar-refractivity contribution is 5.86. The van der Waals surface area contributed by atoms with Gasteiger partial charge in [-0.1, -0.05) is 19.3 Å². The van der Waals surface area contributed by atoms with E-state index in [2.05, 4.69) is 17.3 Å². The molecular weight excluding hydrogens is 262 g/mol. The summed E-state index contributed by atoms with van der Waals surface area (Å²) in [5.74, 6) is 1.14. The molecule has 4 heteroatoms. The van der Waals surface area contributed by atoms with Gasteiger partial charge in [-0.15, -0.1) is 0 Å². The van der Waals surface area contributed by atoms with E-state index in [0.29, 0.717) is 12.0 Å². The molecule has 0 spiro atoms. The molecule has 0 bridgehead atoms. The first kappa shape index (κ1) is 15.3. The number of carbonyl (C=O) groups excluding carboxylic acids is 1. The van der Waals surface area contributed by atoms with Crippen LogP contribution in [-0.4, -0.2) is 42.5 Å². The van der Waals surface area contributed by atoms with E-state index in [1.54, 1.807) is 0 Å². The third-order valence-corrected chi connectivity index (χ3v) is 5.57. The lowest BCUT2D eigenvalue weighted by Gasteiger charge is -2.37. The van der Waals surface area contributed by atoms with E-state index in [1.807, 2.05) is 0 Å². The molecule has 3 fully saturated rings. The van der Waals surface area contributed by atoms with E-state index in [0.717, 1.165) is 31.8 Å². The average molecular weight is 293 g/mol. The Morgan fingerprint density at radius 3 is 2.33 bits per heavy atom. The maximum Gasteiger partial charge on any atom is 0.239 e. The fourth-order valence-corrected chi connectivity index (χ4v) is 4.11. The molecule has 0 aromatic rings. The number of amides is 1. The van der Waals surface area contributed by atoms with Crippen molar-refractivity contribution < 1.29 is 4.79 Å². The van der Waals surface area contributed by atoms with Crippen molar-refractivity contribution in [2.75, 3.05) is 20.1 Å². The minimum absolute atomic E-state index is 0.132. The first-order valence-corrected chi connectivity index (χ1v) is 8.86. The summed E-state index contributed by atoms with van der Waals surface area (Å²) in [5, 5.41) is 3.62. The largest absolute Gasteiger partial charge is 0.368 e. The van der Waals surface area contributed by atoms with Gasteiger partial charge in [0.1, 0.15) is 5.54 Å². The topological polar surface area (TPSA) is 58.4 Å². The van der Waals surface area contributed by atoms with Gasteiger partial charge in [0.15, 0.2) is 0 Å². The van der Waals surface area contributed by atoms with Gasteiger partial charge >= 0.3 is 0 Å². The molecule has 1 amide bonds. The Kier molecular flexibility index (Phi) is 4.55. The zero-order chi connectivity index (χ0) is 14.9. The van der Waals surface area contributed by atoms with Crippen LogP contribution in [-0.2, 0) is 4.79 Å². The SMILES string of the molecule is CN(CC1CCCCC1)CC(NC1CC1)(C(N)=O)C1CC1. The lowest BCUT2D eigenvalue weighted by molar-refractivity contribution is -0.126. The summed E-state index contributed by atoms with van der Waals surface area (Å²) in [6.45, 7) is 1.91. The zero-order valence-electron chi connectivity index (χ0n) is 13.4. The molecular formula is C17H31N3O. The lowest BCUT2D eigenvalue weighted by Crippen LogP contribution is -2.63. The summed E-state index contributed by atoms with van der Waals surface area (Å²) in [7, 11) is 2.17. The first-order chi connectivity index (χ1) is 10.1. The summed E-state index contributed by atoms with van der Waals surface area (Å²) in [6.07, 6.45) is 11.6. The van der Waals surface area contributed by atoms with Crippen LogP contribution in [0.15, 0.2) is 0 Å². The molecule has 21 heavy (non-hydrogen) atoms. The van der Waals surface area contributed by atoms with Gasteiger partial charge in [0.05, 0.1) is 0 Å². The van der Waals surface area contributed by atoms with Crippen molar-refractivity contribution in [3.05, 3.63) is 0 Å². The Bertz CT molecular complexity index is 372. The quantitative estimate of drug-likeness (QED) is 0.718.